The molecule has 0 aromatic rings. The Bertz CT molecular complexity index is 396. The molecule has 3 aliphatic rings. The molecule has 0 spiro atoms. The molecule has 0 bridgehead atoms. The van der Waals surface area contributed by atoms with Gasteiger partial charge in [-0.05, 0) is 100 Å². The van der Waals surface area contributed by atoms with Crippen LogP contribution in [-0.4, -0.2) is 0 Å². The first-order valence-corrected chi connectivity index (χ1v) is 10.6. The molecule has 3 saturated carbocycles. The van der Waals surface area contributed by atoms with Crippen LogP contribution in [0.1, 0.15) is 97.3 Å². The molecule has 0 heterocycles. The van der Waals surface area contributed by atoms with E-state index in [0.29, 0.717) is 0 Å². The van der Waals surface area contributed by atoms with Crippen molar-refractivity contribution in [3.8, 4) is 6.07 Å². The summed E-state index contributed by atoms with van der Waals surface area (Å²) in [5, 5.41) is 9.49. The number of hydrogen-bond donors (Lipinski definition) is 0. The minimum atomic E-state index is 0.0342. The number of nitriles is 1. The Balaban J connectivity index is 1.44. The maximum Gasteiger partial charge on any atom is 0.0689 e. The lowest BCUT2D eigenvalue weighted by atomic mass is 9.62. The average Bonchev–Trinajstić information content (AvgIpc) is 2.63. The van der Waals surface area contributed by atoms with Gasteiger partial charge in [-0.1, -0.05) is 26.7 Å². The summed E-state index contributed by atoms with van der Waals surface area (Å²) in [5.74, 6) is 5.03. The molecule has 3 aliphatic carbocycles. The van der Waals surface area contributed by atoms with Crippen molar-refractivity contribution < 1.29 is 0 Å². The van der Waals surface area contributed by atoms with Gasteiger partial charge in [0.05, 0.1) is 11.5 Å². The highest BCUT2D eigenvalue weighted by molar-refractivity contribution is 5.01. The third-order valence-corrected chi connectivity index (χ3v) is 8.11. The maximum absolute atomic E-state index is 9.49. The van der Waals surface area contributed by atoms with Gasteiger partial charge in [-0.2, -0.15) is 5.26 Å². The van der Waals surface area contributed by atoms with E-state index in [9.17, 15) is 5.26 Å². The number of hydrogen-bond acceptors (Lipinski definition) is 1. The number of nitrogens with zero attached hydrogens (tertiary/aromatic N) is 1. The van der Waals surface area contributed by atoms with Crippen molar-refractivity contribution in [2.75, 3.05) is 0 Å². The van der Waals surface area contributed by atoms with E-state index in [2.05, 4.69) is 19.9 Å². The predicted octanol–water partition coefficient (Wildman–Crippen LogP) is 6.73. The fourth-order valence-corrected chi connectivity index (χ4v) is 6.05. The Hall–Kier alpha value is -0.510. The predicted molar refractivity (Wildman–Crippen MR) is 96.9 cm³/mol. The summed E-state index contributed by atoms with van der Waals surface area (Å²) < 4.78 is 0. The van der Waals surface area contributed by atoms with Gasteiger partial charge in [-0.15, -0.1) is 0 Å². The second-order valence-corrected chi connectivity index (χ2v) is 9.28. The van der Waals surface area contributed by atoms with Crippen molar-refractivity contribution in [3.63, 3.8) is 0 Å². The first kappa shape index (κ1) is 17.3. The molecular formula is C22H37N. The first-order valence-electron chi connectivity index (χ1n) is 10.6. The standard InChI is InChI=1S/C22H37N/c1-3-22(16-23)14-12-21(13-15-22)20-10-8-19(9-11-20)18-6-4-17(2)5-7-18/h17-21H,3-15H2,1-2H3. The monoisotopic (exact) mass is 315 g/mol. The molecule has 0 N–H and O–H groups in total. The highest BCUT2D eigenvalue weighted by Crippen LogP contribution is 2.48. The molecule has 0 atom stereocenters. The van der Waals surface area contributed by atoms with Crippen LogP contribution in [0.5, 0.6) is 0 Å². The topological polar surface area (TPSA) is 23.8 Å². The number of rotatable bonds is 3. The summed E-state index contributed by atoms with van der Waals surface area (Å²) in [6, 6.07) is 2.64. The Morgan fingerprint density at radius 1 is 0.739 bits per heavy atom. The van der Waals surface area contributed by atoms with E-state index in [-0.39, 0.29) is 5.41 Å². The van der Waals surface area contributed by atoms with Gasteiger partial charge in [-0.25, -0.2) is 0 Å². The second kappa shape index (κ2) is 7.58. The lowest BCUT2D eigenvalue weighted by Gasteiger charge is -2.42. The van der Waals surface area contributed by atoms with E-state index < -0.39 is 0 Å². The van der Waals surface area contributed by atoms with Crippen LogP contribution in [0.25, 0.3) is 0 Å². The SMILES string of the molecule is CCC1(C#N)CCC(C2CCC(C3CCC(C)CC3)CC2)CC1. The fraction of sp³-hybridized carbons (Fsp3) is 0.955. The molecule has 0 unspecified atom stereocenters. The van der Waals surface area contributed by atoms with Gasteiger partial charge >= 0.3 is 0 Å². The normalized spacial score (nSPS) is 45.3. The van der Waals surface area contributed by atoms with Crippen molar-refractivity contribution in [1.29, 1.82) is 5.26 Å². The minimum absolute atomic E-state index is 0.0342. The van der Waals surface area contributed by atoms with E-state index in [4.69, 9.17) is 0 Å². The molecule has 0 aliphatic heterocycles. The van der Waals surface area contributed by atoms with E-state index in [1.807, 2.05) is 0 Å². The molecular weight excluding hydrogens is 278 g/mol. The van der Waals surface area contributed by atoms with Gasteiger partial charge in [0, 0.05) is 0 Å². The van der Waals surface area contributed by atoms with Crippen molar-refractivity contribution >= 4 is 0 Å². The summed E-state index contributed by atoms with van der Waals surface area (Å²) >= 11 is 0. The van der Waals surface area contributed by atoms with Gasteiger partial charge in [0.25, 0.3) is 0 Å². The van der Waals surface area contributed by atoms with Crippen LogP contribution in [-0.2, 0) is 0 Å². The highest BCUT2D eigenvalue weighted by Gasteiger charge is 2.38. The molecule has 3 fully saturated rings. The maximum atomic E-state index is 9.49. The first-order chi connectivity index (χ1) is 11.2. The largest absolute Gasteiger partial charge is 0.198 e. The zero-order valence-electron chi connectivity index (χ0n) is 15.5. The third kappa shape index (κ3) is 3.94. The summed E-state index contributed by atoms with van der Waals surface area (Å²) in [4.78, 5) is 0. The molecule has 0 amide bonds. The van der Waals surface area contributed by atoms with E-state index >= 15 is 0 Å². The fourth-order valence-electron chi connectivity index (χ4n) is 6.05. The van der Waals surface area contributed by atoms with Gasteiger partial charge < -0.3 is 0 Å². The van der Waals surface area contributed by atoms with Crippen LogP contribution in [0.3, 0.4) is 0 Å². The quantitative estimate of drug-likeness (QED) is 0.566. The molecule has 0 aromatic carbocycles. The Morgan fingerprint density at radius 3 is 1.52 bits per heavy atom. The molecule has 0 saturated heterocycles. The second-order valence-electron chi connectivity index (χ2n) is 9.28. The average molecular weight is 316 g/mol. The molecule has 23 heavy (non-hydrogen) atoms. The van der Waals surface area contributed by atoms with E-state index in [0.717, 1.165) is 36.0 Å². The molecule has 3 rings (SSSR count). The Morgan fingerprint density at radius 2 is 1.13 bits per heavy atom. The van der Waals surface area contributed by atoms with Crippen molar-refractivity contribution in [1.82, 2.24) is 0 Å². The smallest absolute Gasteiger partial charge is 0.0689 e. The van der Waals surface area contributed by atoms with Crippen LogP contribution < -0.4 is 0 Å². The van der Waals surface area contributed by atoms with Gasteiger partial charge in [0.2, 0.25) is 0 Å². The zero-order chi connectivity index (χ0) is 16.3. The molecule has 1 nitrogen and oxygen atoms in total. The van der Waals surface area contributed by atoms with Gasteiger partial charge in [-0.3, -0.25) is 0 Å². The van der Waals surface area contributed by atoms with Crippen LogP contribution in [0.15, 0.2) is 0 Å². The lowest BCUT2D eigenvalue weighted by Crippen LogP contribution is -2.32. The summed E-state index contributed by atoms with van der Waals surface area (Å²) in [5.41, 5.74) is 0.0342. The Labute approximate surface area is 144 Å². The molecule has 1 heteroatoms. The summed E-state index contributed by atoms with van der Waals surface area (Å²) in [6.45, 7) is 4.65. The van der Waals surface area contributed by atoms with Crippen LogP contribution in [0.4, 0.5) is 0 Å². The molecule has 0 aromatic heterocycles. The third-order valence-electron chi connectivity index (χ3n) is 8.11. The summed E-state index contributed by atoms with van der Waals surface area (Å²) in [6.07, 6.45) is 18.1. The van der Waals surface area contributed by atoms with Crippen LogP contribution in [0, 0.1) is 46.3 Å². The molecule has 0 radical (unpaired) electrons. The van der Waals surface area contributed by atoms with E-state index in [1.54, 1.807) is 0 Å². The van der Waals surface area contributed by atoms with Gasteiger partial charge in [0.1, 0.15) is 0 Å². The lowest BCUT2D eigenvalue weighted by molar-refractivity contribution is 0.0937. The van der Waals surface area contributed by atoms with Gasteiger partial charge in [0.15, 0.2) is 0 Å². The minimum Gasteiger partial charge on any atom is -0.198 e. The van der Waals surface area contributed by atoms with Crippen LogP contribution in [0.2, 0.25) is 0 Å². The van der Waals surface area contributed by atoms with Crippen molar-refractivity contribution in [2.45, 2.75) is 97.3 Å². The zero-order valence-corrected chi connectivity index (χ0v) is 15.5. The Kier molecular flexibility index (Phi) is 5.71. The highest BCUT2D eigenvalue weighted by atomic mass is 14.4. The molecule has 130 valence electrons. The summed E-state index contributed by atoms with van der Waals surface area (Å²) in [7, 11) is 0. The van der Waals surface area contributed by atoms with Crippen molar-refractivity contribution in [2.24, 2.45) is 35.0 Å². The van der Waals surface area contributed by atoms with E-state index in [1.165, 1.54) is 77.0 Å². The van der Waals surface area contributed by atoms with Crippen molar-refractivity contribution in [3.05, 3.63) is 0 Å². The van der Waals surface area contributed by atoms with Crippen LogP contribution >= 0.6 is 0 Å².